The summed E-state index contributed by atoms with van der Waals surface area (Å²) in [5.74, 6) is 0. The molecular formula is C18H22N2. The Morgan fingerprint density at radius 2 is 1.00 bits per heavy atom. The van der Waals surface area contributed by atoms with E-state index in [1.807, 2.05) is 0 Å². The first kappa shape index (κ1) is 14.2. The molecule has 2 aromatic carbocycles. The highest BCUT2D eigenvalue weighted by Gasteiger charge is 1.92. The molecule has 2 heteroatoms. The van der Waals surface area contributed by atoms with E-state index in [-0.39, 0.29) is 0 Å². The van der Waals surface area contributed by atoms with E-state index in [1.165, 1.54) is 22.5 Å². The Hall–Kier alpha value is -2.22. The molecule has 0 spiro atoms. The Morgan fingerprint density at radius 1 is 0.650 bits per heavy atom. The fourth-order valence-electron chi connectivity index (χ4n) is 2.02. The molecule has 2 rings (SSSR count). The highest BCUT2D eigenvalue weighted by atomic mass is 14.8. The summed E-state index contributed by atoms with van der Waals surface area (Å²) in [6.45, 7) is 6.11. The average molecular weight is 266 g/mol. The van der Waals surface area contributed by atoms with Crippen molar-refractivity contribution in [2.75, 3.05) is 23.7 Å². The molecule has 0 atom stereocenters. The van der Waals surface area contributed by atoms with Crippen LogP contribution in [0.15, 0.2) is 48.5 Å². The molecule has 0 fully saturated rings. The Kier molecular flexibility index (Phi) is 5.24. The first-order valence-corrected chi connectivity index (χ1v) is 7.17. The number of anilines is 2. The fraction of sp³-hybridized carbons (Fsp3) is 0.222. The molecular weight excluding hydrogens is 244 g/mol. The molecule has 0 amide bonds. The van der Waals surface area contributed by atoms with E-state index in [0.717, 1.165) is 13.1 Å². The van der Waals surface area contributed by atoms with Crippen LogP contribution in [0, 0.1) is 0 Å². The molecule has 2 nitrogen and oxygen atoms in total. The van der Waals surface area contributed by atoms with Crippen molar-refractivity contribution >= 4 is 23.5 Å². The number of rotatable bonds is 6. The molecule has 104 valence electrons. The van der Waals surface area contributed by atoms with Gasteiger partial charge in [0.15, 0.2) is 0 Å². The van der Waals surface area contributed by atoms with Crippen LogP contribution >= 0.6 is 0 Å². The van der Waals surface area contributed by atoms with Gasteiger partial charge in [0.1, 0.15) is 0 Å². The van der Waals surface area contributed by atoms with Crippen LogP contribution in [0.4, 0.5) is 11.4 Å². The van der Waals surface area contributed by atoms with Crippen LogP contribution in [0.5, 0.6) is 0 Å². The van der Waals surface area contributed by atoms with Crippen LogP contribution in [0.3, 0.4) is 0 Å². The second-order valence-electron chi connectivity index (χ2n) is 4.64. The molecule has 0 aliphatic carbocycles. The van der Waals surface area contributed by atoms with Gasteiger partial charge >= 0.3 is 0 Å². The van der Waals surface area contributed by atoms with Gasteiger partial charge in [0.05, 0.1) is 0 Å². The van der Waals surface area contributed by atoms with Gasteiger partial charge in [-0.05, 0) is 49.2 Å². The number of hydrogen-bond acceptors (Lipinski definition) is 2. The quantitative estimate of drug-likeness (QED) is 0.739. The summed E-state index contributed by atoms with van der Waals surface area (Å²) in [5.41, 5.74) is 4.75. The topological polar surface area (TPSA) is 24.1 Å². The minimum absolute atomic E-state index is 0.952. The first-order chi connectivity index (χ1) is 9.81. The zero-order valence-electron chi connectivity index (χ0n) is 12.2. The van der Waals surface area contributed by atoms with Gasteiger partial charge in [-0.25, -0.2) is 0 Å². The Bertz CT molecular complexity index is 487. The standard InChI is InChI=1S/C18H22N2/c1-3-19-17-11-7-15(8-12-17)5-6-16-9-13-18(14-10-16)20-4-2/h5-14,19-20H,3-4H2,1-2H3. The van der Waals surface area contributed by atoms with Gasteiger partial charge < -0.3 is 10.6 Å². The van der Waals surface area contributed by atoms with Crippen LogP contribution < -0.4 is 10.6 Å². The largest absolute Gasteiger partial charge is 0.385 e. The molecule has 0 bridgehead atoms. The zero-order chi connectivity index (χ0) is 14.2. The SMILES string of the molecule is CCNc1ccc(C=Cc2ccc(NCC)cc2)cc1. The van der Waals surface area contributed by atoms with E-state index < -0.39 is 0 Å². The van der Waals surface area contributed by atoms with Crippen molar-refractivity contribution in [1.29, 1.82) is 0 Å². The highest BCUT2D eigenvalue weighted by molar-refractivity contribution is 5.71. The molecule has 20 heavy (non-hydrogen) atoms. The number of benzene rings is 2. The van der Waals surface area contributed by atoms with E-state index in [4.69, 9.17) is 0 Å². The summed E-state index contributed by atoms with van der Waals surface area (Å²) in [4.78, 5) is 0. The zero-order valence-corrected chi connectivity index (χ0v) is 12.2. The minimum atomic E-state index is 0.952. The van der Waals surface area contributed by atoms with Crippen LogP contribution in [-0.2, 0) is 0 Å². The van der Waals surface area contributed by atoms with Gasteiger partial charge in [0, 0.05) is 24.5 Å². The maximum atomic E-state index is 3.30. The van der Waals surface area contributed by atoms with E-state index in [1.54, 1.807) is 0 Å². The predicted molar refractivity (Wildman–Crippen MR) is 90.1 cm³/mol. The first-order valence-electron chi connectivity index (χ1n) is 7.17. The van der Waals surface area contributed by atoms with Crippen molar-refractivity contribution in [3.8, 4) is 0 Å². The smallest absolute Gasteiger partial charge is 0.0340 e. The van der Waals surface area contributed by atoms with Crippen molar-refractivity contribution in [2.24, 2.45) is 0 Å². The highest BCUT2D eigenvalue weighted by Crippen LogP contribution is 2.14. The van der Waals surface area contributed by atoms with E-state index in [2.05, 4.69) is 85.2 Å². The summed E-state index contributed by atoms with van der Waals surface area (Å²) in [7, 11) is 0. The molecule has 0 unspecified atom stereocenters. The third-order valence-corrected chi connectivity index (χ3v) is 3.05. The second kappa shape index (κ2) is 7.39. The average Bonchev–Trinajstić information content (AvgIpc) is 2.49. The predicted octanol–water partition coefficient (Wildman–Crippen LogP) is 4.72. The fourth-order valence-corrected chi connectivity index (χ4v) is 2.02. The minimum Gasteiger partial charge on any atom is -0.385 e. The Labute approximate surface area is 121 Å². The van der Waals surface area contributed by atoms with E-state index >= 15 is 0 Å². The molecule has 0 radical (unpaired) electrons. The molecule has 0 heterocycles. The summed E-state index contributed by atoms with van der Waals surface area (Å²) in [5, 5.41) is 6.59. The lowest BCUT2D eigenvalue weighted by Crippen LogP contribution is -1.95. The van der Waals surface area contributed by atoms with Gasteiger partial charge in [0.25, 0.3) is 0 Å². The van der Waals surface area contributed by atoms with Crippen molar-refractivity contribution < 1.29 is 0 Å². The summed E-state index contributed by atoms with van der Waals surface area (Å²) < 4.78 is 0. The van der Waals surface area contributed by atoms with Gasteiger partial charge in [0.2, 0.25) is 0 Å². The molecule has 2 aromatic rings. The van der Waals surface area contributed by atoms with E-state index in [0.29, 0.717) is 0 Å². The Morgan fingerprint density at radius 3 is 1.30 bits per heavy atom. The van der Waals surface area contributed by atoms with E-state index in [9.17, 15) is 0 Å². The second-order valence-corrected chi connectivity index (χ2v) is 4.64. The number of nitrogens with one attached hydrogen (secondary N) is 2. The monoisotopic (exact) mass is 266 g/mol. The van der Waals surface area contributed by atoms with Crippen molar-refractivity contribution in [3.63, 3.8) is 0 Å². The summed E-state index contributed by atoms with van der Waals surface area (Å²) in [6.07, 6.45) is 4.27. The van der Waals surface area contributed by atoms with Gasteiger partial charge in [-0.2, -0.15) is 0 Å². The van der Waals surface area contributed by atoms with Crippen LogP contribution in [0.25, 0.3) is 12.2 Å². The van der Waals surface area contributed by atoms with Crippen molar-refractivity contribution in [2.45, 2.75) is 13.8 Å². The number of hydrogen-bond donors (Lipinski definition) is 2. The maximum absolute atomic E-state index is 3.30. The van der Waals surface area contributed by atoms with Gasteiger partial charge in [-0.1, -0.05) is 36.4 Å². The normalized spacial score (nSPS) is 10.7. The summed E-state index contributed by atoms with van der Waals surface area (Å²) in [6, 6.07) is 16.9. The summed E-state index contributed by atoms with van der Waals surface area (Å²) >= 11 is 0. The molecule has 2 N–H and O–H groups in total. The van der Waals surface area contributed by atoms with Crippen LogP contribution in [0.1, 0.15) is 25.0 Å². The van der Waals surface area contributed by atoms with Crippen LogP contribution in [-0.4, -0.2) is 13.1 Å². The van der Waals surface area contributed by atoms with Gasteiger partial charge in [-0.3, -0.25) is 0 Å². The lowest BCUT2D eigenvalue weighted by Gasteiger charge is -2.03. The molecule has 0 saturated carbocycles. The van der Waals surface area contributed by atoms with Crippen molar-refractivity contribution in [1.82, 2.24) is 0 Å². The lowest BCUT2D eigenvalue weighted by atomic mass is 10.1. The third kappa shape index (κ3) is 4.16. The third-order valence-electron chi connectivity index (χ3n) is 3.05. The molecule has 0 aromatic heterocycles. The Balaban J connectivity index is 2.01. The molecule has 0 aliphatic heterocycles. The molecule has 0 aliphatic rings. The van der Waals surface area contributed by atoms with Crippen LogP contribution in [0.2, 0.25) is 0 Å². The van der Waals surface area contributed by atoms with Gasteiger partial charge in [-0.15, -0.1) is 0 Å². The lowest BCUT2D eigenvalue weighted by molar-refractivity contribution is 1.21. The maximum Gasteiger partial charge on any atom is 0.0340 e. The van der Waals surface area contributed by atoms with Crippen molar-refractivity contribution in [3.05, 3.63) is 59.7 Å². The molecule has 0 saturated heterocycles.